The first-order valence-corrected chi connectivity index (χ1v) is 4.88. The van der Waals surface area contributed by atoms with Gasteiger partial charge in [0.15, 0.2) is 0 Å². The minimum absolute atomic E-state index is 0. The molecule has 1 aliphatic rings. The van der Waals surface area contributed by atoms with Crippen molar-refractivity contribution in [1.29, 1.82) is 0 Å². The van der Waals surface area contributed by atoms with E-state index in [2.05, 4.69) is 4.98 Å². The van der Waals surface area contributed by atoms with Crippen LogP contribution in [0.3, 0.4) is 0 Å². The van der Waals surface area contributed by atoms with E-state index in [9.17, 15) is 0 Å². The summed E-state index contributed by atoms with van der Waals surface area (Å²) in [5.41, 5.74) is 6.10. The Labute approximate surface area is 82.6 Å². The lowest BCUT2D eigenvalue weighted by atomic mass is 10.0. The van der Waals surface area contributed by atoms with Crippen LogP contribution in [0, 0.1) is 0 Å². The van der Waals surface area contributed by atoms with Gasteiger partial charge < -0.3 is 5.73 Å². The van der Waals surface area contributed by atoms with Crippen LogP contribution in [0.2, 0.25) is 0 Å². The van der Waals surface area contributed by atoms with E-state index in [4.69, 9.17) is 5.73 Å². The molecule has 1 aromatic heterocycles. The second-order valence-electron chi connectivity index (χ2n) is 3.20. The molecule has 0 aromatic carbocycles. The van der Waals surface area contributed by atoms with E-state index in [-0.39, 0.29) is 17.9 Å². The molecule has 0 aliphatic heterocycles. The van der Waals surface area contributed by atoms with E-state index in [1.165, 1.54) is 12.8 Å². The second kappa shape index (κ2) is 3.73. The fourth-order valence-corrected chi connectivity index (χ4v) is 2.50. The third-order valence-electron chi connectivity index (χ3n) is 2.35. The van der Waals surface area contributed by atoms with E-state index in [1.807, 2.05) is 11.6 Å². The van der Waals surface area contributed by atoms with Crippen LogP contribution in [0.1, 0.15) is 30.7 Å². The summed E-state index contributed by atoms with van der Waals surface area (Å²) in [6.07, 6.45) is 6.58. The summed E-state index contributed by atoms with van der Waals surface area (Å²) in [6, 6.07) is 0. The highest BCUT2D eigenvalue weighted by Gasteiger charge is 2.33. The van der Waals surface area contributed by atoms with Crippen molar-refractivity contribution in [3.05, 3.63) is 16.6 Å². The Balaban J connectivity index is 0.000000720. The van der Waals surface area contributed by atoms with Crippen molar-refractivity contribution in [3.8, 4) is 0 Å². The van der Waals surface area contributed by atoms with Crippen molar-refractivity contribution in [3.63, 3.8) is 0 Å². The summed E-state index contributed by atoms with van der Waals surface area (Å²) in [6.45, 7) is 0. The summed E-state index contributed by atoms with van der Waals surface area (Å²) >= 11 is 1.68. The molecule has 0 bridgehead atoms. The fourth-order valence-electron chi connectivity index (χ4n) is 1.69. The first-order chi connectivity index (χ1) is 5.31. The van der Waals surface area contributed by atoms with Gasteiger partial charge in [-0.2, -0.15) is 0 Å². The largest absolute Gasteiger partial charge is 0.319 e. The average Bonchev–Trinajstić information content (AvgIpc) is 2.55. The molecule has 0 spiro atoms. The van der Waals surface area contributed by atoms with Crippen molar-refractivity contribution in [2.75, 3.05) is 0 Å². The minimum Gasteiger partial charge on any atom is -0.319 e. The molecule has 68 valence electrons. The van der Waals surface area contributed by atoms with E-state index < -0.39 is 0 Å². The number of rotatable bonds is 1. The van der Waals surface area contributed by atoms with Gasteiger partial charge in [0, 0.05) is 11.6 Å². The number of thiazole rings is 1. The molecule has 0 saturated heterocycles. The first-order valence-electron chi connectivity index (χ1n) is 4.00. The van der Waals surface area contributed by atoms with Gasteiger partial charge in [0.2, 0.25) is 0 Å². The van der Waals surface area contributed by atoms with Crippen molar-refractivity contribution in [1.82, 2.24) is 4.98 Å². The van der Waals surface area contributed by atoms with Gasteiger partial charge in [-0.05, 0) is 12.8 Å². The summed E-state index contributed by atoms with van der Waals surface area (Å²) in [5.74, 6) is 0. The van der Waals surface area contributed by atoms with Gasteiger partial charge in [0.05, 0.1) is 5.54 Å². The van der Waals surface area contributed by atoms with Gasteiger partial charge >= 0.3 is 0 Å². The Bertz CT molecular complexity index is 229. The number of hydrogen-bond acceptors (Lipinski definition) is 3. The lowest BCUT2D eigenvalue weighted by molar-refractivity contribution is 0.459. The van der Waals surface area contributed by atoms with Crippen LogP contribution in [0.25, 0.3) is 0 Å². The lowest BCUT2D eigenvalue weighted by Crippen LogP contribution is -2.32. The smallest absolute Gasteiger partial charge is 0.112 e. The highest BCUT2D eigenvalue weighted by molar-refractivity contribution is 7.09. The second-order valence-corrected chi connectivity index (χ2v) is 4.10. The Morgan fingerprint density at radius 2 is 2.08 bits per heavy atom. The van der Waals surface area contributed by atoms with Gasteiger partial charge in [-0.15, -0.1) is 23.7 Å². The number of aromatic nitrogens is 1. The molecule has 1 saturated carbocycles. The summed E-state index contributed by atoms with van der Waals surface area (Å²) in [7, 11) is 0. The summed E-state index contributed by atoms with van der Waals surface area (Å²) < 4.78 is 0. The zero-order valence-electron chi connectivity index (χ0n) is 6.82. The zero-order chi connectivity index (χ0) is 7.73. The molecular formula is C8H13ClN2S. The molecule has 12 heavy (non-hydrogen) atoms. The molecule has 1 aliphatic carbocycles. The Morgan fingerprint density at radius 3 is 2.58 bits per heavy atom. The van der Waals surface area contributed by atoms with Crippen LogP contribution >= 0.6 is 23.7 Å². The number of nitrogens with two attached hydrogens (primary N) is 1. The number of halogens is 1. The average molecular weight is 205 g/mol. The summed E-state index contributed by atoms with van der Waals surface area (Å²) in [4.78, 5) is 4.26. The van der Waals surface area contributed by atoms with E-state index in [0.717, 1.165) is 17.8 Å². The Morgan fingerprint density at radius 1 is 1.42 bits per heavy atom. The van der Waals surface area contributed by atoms with Gasteiger partial charge in [0.1, 0.15) is 5.01 Å². The van der Waals surface area contributed by atoms with Crippen molar-refractivity contribution < 1.29 is 0 Å². The Kier molecular flexibility index (Phi) is 3.09. The first kappa shape index (κ1) is 9.96. The number of hydrogen-bond donors (Lipinski definition) is 1. The predicted molar refractivity (Wildman–Crippen MR) is 53.7 cm³/mol. The third-order valence-corrected chi connectivity index (χ3v) is 3.35. The molecule has 1 fully saturated rings. The minimum atomic E-state index is -0.0752. The van der Waals surface area contributed by atoms with Crippen molar-refractivity contribution in [2.45, 2.75) is 31.2 Å². The highest BCUT2D eigenvalue weighted by Crippen LogP contribution is 2.36. The van der Waals surface area contributed by atoms with Crippen LogP contribution in [-0.2, 0) is 5.54 Å². The predicted octanol–water partition coefficient (Wildman–Crippen LogP) is 2.29. The van der Waals surface area contributed by atoms with Crippen LogP contribution in [-0.4, -0.2) is 4.98 Å². The summed E-state index contributed by atoms with van der Waals surface area (Å²) in [5, 5.41) is 3.12. The normalized spacial score (nSPS) is 20.4. The molecule has 1 heterocycles. The molecule has 2 N–H and O–H groups in total. The van der Waals surface area contributed by atoms with Crippen LogP contribution in [0.15, 0.2) is 11.6 Å². The molecule has 4 heteroatoms. The molecule has 2 nitrogen and oxygen atoms in total. The molecule has 0 unspecified atom stereocenters. The standard InChI is InChI=1S/C8H12N2S.ClH/c9-8(3-1-2-4-8)7-10-5-6-11-7;/h5-6H,1-4,9H2;1H. The highest BCUT2D eigenvalue weighted by atomic mass is 35.5. The molecule has 0 amide bonds. The number of nitrogens with zero attached hydrogens (tertiary/aromatic N) is 1. The maximum absolute atomic E-state index is 6.17. The van der Waals surface area contributed by atoms with Gasteiger partial charge in [-0.1, -0.05) is 12.8 Å². The van der Waals surface area contributed by atoms with Crippen LogP contribution in [0.5, 0.6) is 0 Å². The molecule has 0 atom stereocenters. The molecule has 1 aromatic rings. The molecule has 2 rings (SSSR count). The third kappa shape index (κ3) is 1.63. The fraction of sp³-hybridized carbons (Fsp3) is 0.625. The quantitative estimate of drug-likeness (QED) is 0.763. The monoisotopic (exact) mass is 204 g/mol. The van der Waals surface area contributed by atoms with Crippen LogP contribution in [0.4, 0.5) is 0 Å². The maximum atomic E-state index is 6.17. The molecule has 0 radical (unpaired) electrons. The van der Waals surface area contributed by atoms with Gasteiger partial charge in [-0.3, -0.25) is 0 Å². The maximum Gasteiger partial charge on any atom is 0.112 e. The topological polar surface area (TPSA) is 38.9 Å². The zero-order valence-corrected chi connectivity index (χ0v) is 8.46. The molecular weight excluding hydrogens is 192 g/mol. The van der Waals surface area contributed by atoms with E-state index in [0.29, 0.717) is 0 Å². The van der Waals surface area contributed by atoms with E-state index in [1.54, 1.807) is 11.3 Å². The SMILES string of the molecule is Cl.NC1(c2nccs2)CCCC1. The lowest BCUT2D eigenvalue weighted by Gasteiger charge is -2.19. The van der Waals surface area contributed by atoms with Gasteiger partial charge in [-0.25, -0.2) is 4.98 Å². The van der Waals surface area contributed by atoms with E-state index >= 15 is 0 Å². The van der Waals surface area contributed by atoms with Crippen molar-refractivity contribution in [2.24, 2.45) is 5.73 Å². The van der Waals surface area contributed by atoms with Crippen molar-refractivity contribution >= 4 is 23.7 Å². The van der Waals surface area contributed by atoms with Gasteiger partial charge in [0.25, 0.3) is 0 Å². The Hall–Kier alpha value is -0.120. The van der Waals surface area contributed by atoms with Crippen LogP contribution < -0.4 is 5.73 Å².